The van der Waals surface area contributed by atoms with Gasteiger partial charge in [0.05, 0.1) is 19.8 Å². The summed E-state index contributed by atoms with van der Waals surface area (Å²) in [5.74, 6) is -0.114. The van der Waals surface area contributed by atoms with E-state index in [2.05, 4.69) is 5.32 Å². The molecule has 1 amide bonds. The molecule has 0 aliphatic carbocycles. The predicted molar refractivity (Wildman–Crippen MR) is 44.7 cm³/mol. The summed E-state index contributed by atoms with van der Waals surface area (Å²) in [4.78, 5) is 12.5. The Hall–Kier alpha value is -0.650. The van der Waals surface area contributed by atoms with Gasteiger partial charge in [-0.05, 0) is 0 Å². The quantitative estimate of drug-likeness (QED) is 0.438. The van der Waals surface area contributed by atoms with Crippen molar-refractivity contribution in [3.63, 3.8) is 0 Å². The van der Waals surface area contributed by atoms with Gasteiger partial charge in [-0.1, -0.05) is 0 Å². The van der Waals surface area contributed by atoms with Crippen LogP contribution >= 0.6 is 0 Å². The van der Waals surface area contributed by atoms with Crippen LogP contribution in [0.4, 0.5) is 0 Å². The first-order chi connectivity index (χ1) is 5.74. The van der Waals surface area contributed by atoms with Crippen molar-refractivity contribution < 1.29 is 15.0 Å². The number of carbonyl (C=O) groups excluding carboxylic acids is 1. The van der Waals surface area contributed by atoms with Gasteiger partial charge in [0.15, 0.2) is 0 Å². The van der Waals surface area contributed by atoms with Gasteiger partial charge in [0.25, 0.3) is 0 Å². The molecule has 72 valence electrons. The smallest absolute Gasteiger partial charge is 0.233 e. The molecule has 0 spiro atoms. The average molecular weight is 176 g/mol. The molecule has 0 rings (SSSR count). The fourth-order valence-corrected chi connectivity index (χ4v) is 0.835. The highest BCUT2D eigenvalue weighted by Gasteiger charge is 2.07. The van der Waals surface area contributed by atoms with Crippen LogP contribution in [0.5, 0.6) is 0 Å². The second-order valence-electron chi connectivity index (χ2n) is 2.40. The van der Waals surface area contributed by atoms with Crippen molar-refractivity contribution >= 4 is 5.91 Å². The molecule has 0 aliphatic heterocycles. The highest BCUT2D eigenvalue weighted by molar-refractivity contribution is 5.77. The Morgan fingerprint density at radius 2 is 1.83 bits per heavy atom. The summed E-state index contributed by atoms with van der Waals surface area (Å²) in [6.45, 7) is 1.04. The first-order valence-corrected chi connectivity index (χ1v) is 3.89. The molecule has 0 aromatic heterocycles. The molecule has 0 atom stereocenters. The Bertz CT molecular complexity index is 124. The Morgan fingerprint density at radius 3 is 2.17 bits per heavy atom. The summed E-state index contributed by atoms with van der Waals surface area (Å²) in [6, 6.07) is 0. The molecule has 0 aromatic rings. The summed E-state index contributed by atoms with van der Waals surface area (Å²) in [5, 5.41) is 19.7. The second-order valence-corrected chi connectivity index (χ2v) is 2.40. The van der Waals surface area contributed by atoms with Gasteiger partial charge in [0.2, 0.25) is 5.91 Å². The Labute approximate surface area is 72.0 Å². The van der Waals surface area contributed by atoms with Crippen LogP contribution in [0.25, 0.3) is 0 Å². The molecule has 0 radical (unpaired) electrons. The lowest BCUT2D eigenvalue weighted by Gasteiger charge is -2.18. The number of amides is 1. The number of aliphatic hydroxyl groups is 2. The molecule has 0 aliphatic rings. The summed E-state index contributed by atoms with van der Waals surface area (Å²) in [5.41, 5.74) is 0. The van der Waals surface area contributed by atoms with Crippen molar-refractivity contribution in [3.05, 3.63) is 0 Å². The minimum atomic E-state index is -0.114. The summed E-state index contributed by atoms with van der Waals surface area (Å²) in [6.07, 6.45) is 0. The fourth-order valence-electron chi connectivity index (χ4n) is 0.835. The molecule has 0 fully saturated rings. The minimum absolute atomic E-state index is 0.00298. The number of hydrogen-bond donors (Lipinski definition) is 3. The van der Waals surface area contributed by atoms with Gasteiger partial charge in [-0.15, -0.1) is 0 Å². The average Bonchev–Trinajstić information content (AvgIpc) is 2.05. The molecule has 0 heterocycles. The largest absolute Gasteiger partial charge is 0.395 e. The van der Waals surface area contributed by atoms with Gasteiger partial charge in [-0.25, -0.2) is 0 Å². The highest BCUT2D eigenvalue weighted by atomic mass is 16.3. The maximum absolute atomic E-state index is 10.9. The van der Waals surface area contributed by atoms with Crippen LogP contribution in [0.2, 0.25) is 0 Å². The normalized spacial score (nSPS) is 10.3. The van der Waals surface area contributed by atoms with E-state index >= 15 is 0 Å². The predicted octanol–water partition coefficient (Wildman–Crippen LogP) is -1.98. The molecule has 12 heavy (non-hydrogen) atoms. The molecular formula is C7H16N2O3. The van der Waals surface area contributed by atoms with Crippen LogP contribution < -0.4 is 5.32 Å². The van der Waals surface area contributed by atoms with E-state index in [4.69, 9.17) is 10.2 Å². The summed E-state index contributed by atoms with van der Waals surface area (Å²) < 4.78 is 0. The SMILES string of the molecule is CNC(=O)CN(CCO)CCO. The number of nitrogens with zero attached hydrogens (tertiary/aromatic N) is 1. The van der Waals surface area contributed by atoms with Gasteiger partial charge in [-0.3, -0.25) is 9.69 Å². The van der Waals surface area contributed by atoms with E-state index in [0.29, 0.717) is 13.1 Å². The zero-order chi connectivity index (χ0) is 9.40. The van der Waals surface area contributed by atoms with Crippen LogP contribution in [0.3, 0.4) is 0 Å². The van der Waals surface area contributed by atoms with Crippen LogP contribution in [0, 0.1) is 0 Å². The second kappa shape index (κ2) is 7.02. The van der Waals surface area contributed by atoms with Gasteiger partial charge in [0.1, 0.15) is 0 Å². The third-order valence-corrected chi connectivity index (χ3v) is 1.48. The minimum Gasteiger partial charge on any atom is -0.395 e. The van der Waals surface area contributed by atoms with Gasteiger partial charge >= 0.3 is 0 Å². The van der Waals surface area contributed by atoms with Gasteiger partial charge in [0, 0.05) is 20.1 Å². The molecular weight excluding hydrogens is 160 g/mol. The molecule has 0 aromatic carbocycles. The number of likely N-dealkylation sites (N-methyl/N-ethyl adjacent to an activating group) is 1. The third kappa shape index (κ3) is 5.06. The lowest BCUT2D eigenvalue weighted by molar-refractivity contribution is -0.121. The van der Waals surface area contributed by atoms with Crippen molar-refractivity contribution in [1.82, 2.24) is 10.2 Å². The van der Waals surface area contributed by atoms with Crippen LogP contribution in [0.1, 0.15) is 0 Å². The fraction of sp³-hybridized carbons (Fsp3) is 0.857. The molecule has 0 saturated carbocycles. The van der Waals surface area contributed by atoms with E-state index in [1.54, 1.807) is 11.9 Å². The van der Waals surface area contributed by atoms with Crippen molar-refractivity contribution in [3.8, 4) is 0 Å². The maximum atomic E-state index is 10.9. The molecule has 0 unspecified atom stereocenters. The van der Waals surface area contributed by atoms with E-state index in [-0.39, 0.29) is 25.7 Å². The number of aliphatic hydroxyl groups excluding tert-OH is 2. The topological polar surface area (TPSA) is 72.8 Å². The van der Waals surface area contributed by atoms with Crippen LogP contribution in [0.15, 0.2) is 0 Å². The van der Waals surface area contributed by atoms with Gasteiger partial charge < -0.3 is 15.5 Å². The lowest BCUT2D eigenvalue weighted by atomic mass is 10.4. The molecule has 3 N–H and O–H groups in total. The maximum Gasteiger partial charge on any atom is 0.233 e. The zero-order valence-corrected chi connectivity index (χ0v) is 7.29. The Kier molecular flexibility index (Phi) is 6.64. The van der Waals surface area contributed by atoms with Crippen LogP contribution in [-0.4, -0.2) is 60.9 Å². The molecule has 0 saturated heterocycles. The molecule has 0 bridgehead atoms. The van der Waals surface area contributed by atoms with Crippen molar-refractivity contribution in [2.45, 2.75) is 0 Å². The van der Waals surface area contributed by atoms with E-state index < -0.39 is 0 Å². The Balaban J connectivity index is 3.68. The number of nitrogens with one attached hydrogen (secondary N) is 1. The standard InChI is InChI=1S/C7H16N2O3/c1-8-7(12)6-9(2-4-10)3-5-11/h10-11H,2-6H2,1H3,(H,8,12). The third-order valence-electron chi connectivity index (χ3n) is 1.48. The Morgan fingerprint density at radius 1 is 1.33 bits per heavy atom. The van der Waals surface area contributed by atoms with E-state index in [0.717, 1.165) is 0 Å². The molecule has 5 nitrogen and oxygen atoms in total. The van der Waals surface area contributed by atoms with Crippen LogP contribution in [-0.2, 0) is 4.79 Å². The van der Waals surface area contributed by atoms with E-state index in [1.165, 1.54) is 0 Å². The molecule has 5 heteroatoms. The van der Waals surface area contributed by atoms with Gasteiger partial charge in [-0.2, -0.15) is 0 Å². The number of rotatable bonds is 6. The zero-order valence-electron chi connectivity index (χ0n) is 7.29. The van der Waals surface area contributed by atoms with E-state index in [9.17, 15) is 4.79 Å². The van der Waals surface area contributed by atoms with Crippen molar-refractivity contribution in [2.75, 3.05) is 39.9 Å². The summed E-state index contributed by atoms with van der Waals surface area (Å²) >= 11 is 0. The van der Waals surface area contributed by atoms with Crippen molar-refractivity contribution in [2.24, 2.45) is 0 Å². The lowest BCUT2D eigenvalue weighted by Crippen LogP contribution is -2.38. The monoisotopic (exact) mass is 176 g/mol. The highest BCUT2D eigenvalue weighted by Crippen LogP contribution is 1.85. The van der Waals surface area contributed by atoms with Crippen molar-refractivity contribution in [1.29, 1.82) is 0 Å². The first kappa shape index (κ1) is 11.4. The number of carbonyl (C=O) groups is 1. The summed E-state index contributed by atoms with van der Waals surface area (Å²) in [7, 11) is 1.55. The van der Waals surface area contributed by atoms with E-state index in [1.807, 2.05) is 0 Å². The first-order valence-electron chi connectivity index (χ1n) is 3.89. The number of hydrogen-bond acceptors (Lipinski definition) is 4.